The van der Waals surface area contributed by atoms with Crippen molar-refractivity contribution in [1.29, 1.82) is 0 Å². The van der Waals surface area contributed by atoms with Crippen LogP contribution in [-0.2, 0) is 0 Å². The van der Waals surface area contributed by atoms with Crippen LogP contribution in [0.5, 0.6) is 11.5 Å². The quantitative estimate of drug-likeness (QED) is 0.776. The molecule has 0 N–H and O–H groups in total. The first-order valence-electron chi connectivity index (χ1n) is 6.11. The first-order chi connectivity index (χ1) is 9.25. The maximum atomic E-state index is 11.5. The van der Waals surface area contributed by atoms with E-state index in [2.05, 4.69) is 5.16 Å². The molecule has 0 unspecified atom stereocenters. The molecular formula is C14H13NO4. The van der Waals surface area contributed by atoms with Crippen molar-refractivity contribution in [2.75, 3.05) is 13.2 Å². The Morgan fingerprint density at radius 3 is 2.79 bits per heavy atom. The van der Waals surface area contributed by atoms with Crippen molar-refractivity contribution in [3.63, 3.8) is 0 Å². The van der Waals surface area contributed by atoms with E-state index in [4.69, 9.17) is 14.0 Å². The number of Topliss-reactive ketones (excluding diaryl/α,β-unsaturated/α-hetero) is 1. The molecule has 0 spiro atoms. The van der Waals surface area contributed by atoms with Gasteiger partial charge in [-0.3, -0.25) is 4.79 Å². The highest BCUT2D eigenvalue weighted by Crippen LogP contribution is 2.35. The summed E-state index contributed by atoms with van der Waals surface area (Å²) >= 11 is 0. The molecule has 5 nitrogen and oxygen atoms in total. The molecule has 0 atom stereocenters. The second kappa shape index (κ2) is 4.76. The Labute approximate surface area is 110 Å². The number of fused-ring (bicyclic) bond motifs is 1. The lowest BCUT2D eigenvalue weighted by atomic mass is 10.1. The molecule has 2 heterocycles. The number of rotatable bonds is 2. The predicted molar refractivity (Wildman–Crippen MR) is 67.6 cm³/mol. The average molecular weight is 259 g/mol. The van der Waals surface area contributed by atoms with Gasteiger partial charge in [0.2, 0.25) is 0 Å². The molecule has 0 radical (unpaired) electrons. The minimum atomic E-state index is -0.0802. The van der Waals surface area contributed by atoms with Crippen molar-refractivity contribution < 1.29 is 18.8 Å². The molecule has 2 aromatic rings. The first kappa shape index (κ1) is 11.8. The Hall–Kier alpha value is -2.30. The monoisotopic (exact) mass is 259 g/mol. The smallest absolute Gasteiger partial charge is 0.177 e. The van der Waals surface area contributed by atoms with Crippen molar-refractivity contribution in [3.05, 3.63) is 30.0 Å². The van der Waals surface area contributed by atoms with Gasteiger partial charge in [-0.1, -0.05) is 5.16 Å². The van der Waals surface area contributed by atoms with Crippen molar-refractivity contribution in [3.8, 4) is 22.8 Å². The van der Waals surface area contributed by atoms with Gasteiger partial charge >= 0.3 is 0 Å². The third kappa shape index (κ3) is 2.19. The number of hydrogen-bond acceptors (Lipinski definition) is 5. The van der Waals surface area contributed by atoms with E-state index in [1.165, 1.54) is 13.1 Å². The SMILES string of the molecule is CC(=O)c1cnoc1-c1ccc2c(c1)OCCCO2. The molecule has 0 saturated carbocycles. The summed E-state index contributed by atoms with van der Waals surface area (Å²) in [4.78, 5) is 11.5. The fourth-order valence-electron chi connectivity index (χ4n) is 2.00. The number of ketones is 1. The fraction of sp³-hybridized carbons (Fsp3) is 0.286. The zero-order valence-electron chi connectivity index (χ0n) is 10.5. The number of carbonyl (C=O) groups is 1. The van der Waals surface area contributed by atoms with Gasteiger partial charge in [-0.05, 0) is 25.1 Å². The highest BCUT2D eigenvalue weighted by Gasteiger charge is 2.17. The molecule has 1 aromatic heterocycles. The largest absolute Gasteiger partial charge is 0.490 e. The zero-order valence-corrected chi connectivity index (χ0v) is 10.5. The van der Waals surface area contributed by atoms with E-state index >= 15 is 0 Å². The summed E-state index contributed by atoms with van der Waals surface area (Å²) in [5.74, 6) is 1.76. The van der Waals surface area contributed by atoms with Crippen LogP contribution >= 0.6 is 0 Å². The Kier molecular flexibility index (Phi) is 2.95. The maximum absolute atomic E-state index is 11.5. The Morgan fingerprint density at radius 1 is 1.21 bits per heavy atom. The summed E-state index contributed by atoms with van der Waals surface area (Å²) in [6.07, 6.45) is 2.28. The minimum absolute atomic E-state index is 0.0802. The molecular weight excluding hydrogens is 246 g/mol. The van der Waals surface area contributed by atoms with Gasteiger partial charge in [-0.25, -0.2) is 0 Å². The lowest BCUT2D eigenvalue weighted by Gasteiger charge is -2.08. The number of aromatic nitrogens is 1. The first-order valence-corrected chi connectivity index (χ1v) is 6.11. The van der Waals surface area contributed by atoms with E-state index in [9.17, 15) is 4.79 Å². The van der Waals surface area contributed by atoms with Gasteiger partial charge in [0.1, 0.15) is 0 Å². The number of hydrogen-bond donors (Lipinski definition) is 0. The summed E-state index contributed by atoms with van der Waals surface area (Å²) in [6, 6.07) is 5.47. The van der Waals surface area contributed by atoms with Crippen molar-refractivity contribution in [2.45, 2.75) is 13.3 Å². The minimum Gasteiger partial charge on any atom is -0.490 e. The molecule has 0 bridgehead atoms. The van der Waals surface area contributed by atoms with Gasteiger partial charge in [-0.2, -0.15) is 0 Å². The maximum Gasteiger partial charge on any atom is 0.177 e. The van der Waals surface area contributed by atoms with Gasteiger partial charge in [0.25, 0.3) is 0 Å². The third-order valence-electron chi connectivity index (χ3n) is 2.96. The molecule has 3 rings (SSSR count). The van der Waals surface area contributed by atoms with Crippen molar-refractivity contribution in [1.82, 2.24) is 5.16 Å². The summed E-state index contributed by atoms with van der Waals surface area (Å²) in [5, 5.41) is 3.68. The van der Waals surface area contributed by atoms with Crippen LogP contribution in [0, 0.1) is 0 Å². The molecule has 0 fully saturated rings. The number of benzene rings is 1. The lowest BCUT2D eigenvalue weighted by molar-refractivity contribution is 0.101. The summed E-state index contributed by atoms with van der Waals surface area (Å²) in [6.45, 7) is 2.75. The van der Waals surface area contributed by atoms with Gasteiger partial charge in [0, 0.05) is 12.0 Å². The van der Waals surface area contributed by atoms with Gasteiger partial charge in [0.05, 0.1) is 25.0 Å². The van der Waals surface area contributed by atoms with Gasteiger partial charge in [0.15, 0.2) is 23.0 Å². The van der Waals surface area contributed by atoms with E-state index in [1.807, 2.05) is 18.2 Å². The van der Waals surface area contributed by atoms with Crippen LogP contribution in [0.3, 0.4) is 0 Å². The van der Waals surface area contributed by atoms with Crippen LogP contribution in [0.25, 0.3) is 11.3 Å². The molecule has 1 aromatic carbocycles. The van der Waals surface area contributed by atoms with Crippen LogP contribution in [0.1, 0.15) is 23.7 Å². The highest BCUT2D eigenvalue weighted by molar-refractivity contribution is 5.99. The molecule has 19 heavy (non-hydrogen) atoms. The standard InChI is InChI=1S/C14H13NO4/c1-9(16)11-8-15-19-14(11)10-3-4-12-13(7-10)18-6-2-5-17-12/h3-4,7-8H,2,5-6H2,1H3. The molecule has 0 amide bonds. The van der Waals surface area contributed by atoms with Gasteiger partial charge < -0.3 is 14.0 Å². The second-order valence-electron chi connectivity index (χ2n) is 4.34. The molecule has 0 aliphatic carbocycles. The predicted octanol–water partition coefficient (Wildman–Crippen LogP) is 2.71. The van der Waals surface area contributed by atoms with Crippen LogP contribution in [0.2, 0.25) is 0 Å². The zero-order chi connectivity index (χ0) is 13.2. The van der Waals surface area contributed by atoms with Gasteiger partial charge in [-0.15, -0.1) is 0 Å². The third-order valence-corrected chi connectivity index (χ3v) is 2.96. The number of carbonyl (C=O) groups excluding carboxylic acids is 1. The van der Waals surface area contributed by atoms with E-state index in [0.717, 1.165) is 12.0 Å². The highest BCUT2D eigenvalue weighted by atomic mass is 16.5. The molecule has 0 saturated heterocycles. The van der Waals surface area contributed by atoms with Crippen molar-refractivity contribution >= 4 is 5.78 Å². The molecule has 1 aliphatic rings. The normalized spacial score (nSPS) is 13.9. The summed E-state index contributed by atoms with van der Waals surface area (Å²) in [5.41, 5.74) is 1.22. The Morgan fingerprint density at radius 2 is 2.00 bits per heavy atom. The topological polar surface area (TPSA) is 61.6 Å². The van der Waals surface area contributed by atoms with Crippen LogP contribution in [0.15, 0.2) is 28.9 Å². The lowest BCUT2D eigenvalue weighted by Crippen LogP contribution is -1.97. The Balaban J connectivity index is 2.04. The Bertz CT molecular complexity index is 618. The van der Waals surface area contributed by atoms with Crippen LogP contribution in [0.4, 0.5) is 0 Å². The average Bonchev–Trinajstić information content (AvgIpc) is 2.78. The fourth-order valence-corrected chi connectivity index (χ4v) is 2.00. The van der Waals surface area contributed by atoms with E-state index in [-0.39, 0.29) is 5.78 Å². The molecule has 98 valence electrons. The van der Waals surface area contributed by atoms with Crippen molar-refractivity contribution in [2.24, 2.45) is 0 Å². The summed E-state index contributed by atoms with van der Waals surface area (Å²) in [7, 11) is 0. The van der Waals surface area contributed by atoms with Crippen LogP contribution in [-0.4, -0.2) is 24.2 Å². The van der Waals surface area contributed by atoms with E-state index in [0.29, 0.717) is 36.0 Å². The number of ether oxygens (including phenoxy) is 2. The van der Waals surface area contributed by atoms with Crippen LogP contribution < -0.4 is 9.47 Å². The molecule has 1 aliphatic heterocycles. The summed E-state index contributed by atoms with van der Waals surface area (Å²) < 4.78 is 16.3. The van der Waals surface area contributed by atoms with E-state index < -0.39 is 0 Å². The second-order valence-corrected chi connectivity index (χ2v) is 4.34. The van der Waals surface area contributed by atoms with E-state index in [1.54, 1.807) is 0 Å². The molecule has 5 heteroatoms. The number of nitrogens with zero attached hydrogens (tertiary/aromatic N) is 1.